The number of nitrogens with one attached hydrogen (secondary N) is 1. The van der Waals surface area contributed by atoms with Crippen LogP contribution in [0.1, 0.15) is 5.56 Å². The van der Waals surface area contributed by atoms with Crippen LogP contribution < -0.4 is 11.2 Å². The summed E-state index contributed by atoms with van der Waals surface area (Å²) >= 11 is 11.5. The highest BCUT2D eigenvalue weighted by Crippen LogP contribution is 2.21. The number of rotatable bonds is 2. The van der Waals surface area contributed by atoms with Crippen molar-refractivity contribution in [2.45, 2.75) is 0 Å². The summed E-state index contributed by atoms with van der Waals surface area (Å²) in [5, 5.41) is 4.29. The summed E-state index contributed by atoms with van der Waals surface area (Å²) in [6.07, 6.45) is 1.31. The van der Waals surface area contributed by atoms with Crippen molar-refractivity contribution in [1.29, 1.82) is 0 Å². The second-order valence-electron chi connectivity index (χ2n) is 2.74. The SMILES string of the molecule is NC(=O)C(=O)N/N=C\c1ccc(Cl)c(Cl)c1. The minimum absolute atomic E-state index is 0.367. The van der Waals surface area contributed by atoms with Crippen LogP contribution in [0.15, 0.2) is 23.3 Å². The highest BCUT2D eigenvalue weighted by molar-refractivity contribution is 6.42. The molecule has 0 spiro atoms. The number of halogens is 2. The molecule has 0 saturated carbocycles. The zero-order valence-corrected chi connectivity index (χ0v) is 9.42. The third-order valence-corrected chi connectivity index (χ3v) is 2.29. The molecule has 0 bridgehead atoms. The largest absolute Gasteiger partial charge is 0.361 e. The normalized spacial score (nSPS) is 10.4. The van der Waals surface area contributed by atoms with E-state index in [4.69, 9.17) is 28.9 Å². The number of carbonyl (C=O) groups excluding carboxylic acids is 2. The Morgan fingerprint density at radius 2 is 2.00 bits per heavy atom. The molecule has 0 aromatic heterocycles. The zero-order chi connectivity index (χ0) is 12.1. The predicted molar refractivity (Wildman–Crippen MR) is 61.4 cm³/mol. The minimum atomic E-state index is -1.11. The molecule has 0 aliphatic carbocycles. The van der Waals surface area contributed by atoms with E-state index in [9.17, 15) is 9.59 Å². The lowest BCUT2D eigenvalue weighted by Gasteiger charge is -1.97. The molecule has 2 amide bonds. The zero-order valence-electron chi connectivity index (χ0n) is 7.91. The van der Waals surface area contributed by atoms with Crippen molar-refractivity contribution in [2.24, 2.45) is 10.8 Å². The molecule has 0 unspecified atom stereocenters. The molecule has 1 aromatic rings. The van der Waals surface area contributed by atoms with E-state index in [0.29, 0.717) is 15.6 Å². The van der Waals surface area contributed by atoms with Gasteiger partial charge in [-0.3, -0.25) is 9.59 Å². The maximum Gasteiger partial charge on any atom is 0.329 e. The van der Waals surface area contributed by atoms with Crippen LogP contribution in [0, 0.1) is 0 Å². The molecule has 1 aromatic carbocycles. The number of benzene rings is 1. The molecule has 7 heteroatoms. The van der Waals surface area contributed by atoms with Crippen LogP contribution in [0.5, 0.6) is 0 Å². The smallest absolute Gasteiger partial charge is 0.329 e. The van der Waals surface area contributed by atoms with E-state index in [1.165, 1.54) is 6.21 Å². The molecule has 0 atom stereocenters. The van der Waals surface area contributed by atoms with E-state index in [0.717, 1.165) is 0 Å². The van der Waals surface area contributed by atoms with E-state index in [2.05, 4.69) is 5.10 Å². The number of hydrogen-bond acceptors (Lipinski definition) is 3. The fourth-order valence-corrected chi connectivity index (χ4v) is 1.12. The van der Waals surface area contributed by atoms with E-state index in [1.54, 1.807) is 18.2 Å². The summed E-state index contributed by atoms with van der Waals surface area (Å²) in [6, 6.07) is 4.79. The van der Waals surface area contributed by atoms with Gasteiger partial charge in [-0.2, -0.15) is 5.10 Å². The van der Waals surface area contributed by atoms with Gasteiger partial charge in [0.15, 0.2) is 0 Å². The molecule has 1 rings (SSSR count). The molecule has 3 N–H and O–H groups in total. The Balaban J connectivity index is 2.66. The molecule has 0 heterocycles. The molecular formula is C9H7Cl2N3O2. The fraction of sp³-hybridized carbons (Fsp3) is 0. The number of primary amides is 1. The number of hydrazone groups is 1. The van der Waals surface area contributed by atoms with Gasteiger partial charge in [0.25, 0.3) is 0 Å². The van der Waals surface area contributed by atoms with Crippen LogP contribution in [0.3, 0.4) is 0 Å². The lowest BCUT2D eigenvalue weighted by atomic mass is 10.2. The van der Waals surface area contributed by atoms with Gasteiger partial charge < -0.3 is 5.73 Å². The Morgan fingerprint density at radius 3 is 2.56 bits per heavy atom. The number of hydrogen-bond donors (Lipinski definition) is 2. The van der Waals surface area contributed by atoms with Gasteiger partial charge in [0.1, 0.15) is 0 Å². The van der Waals surface area contributed by atoms with E-state index < -0.39 is 11.8 Å². The average Bonchev–Trinajstić information content (AvgIpc) is 2.23. The number of nitrogens with zero attached hydrogens (tertiary/aromatic N) is 1. The fourth-order valence-electron chi connectivity index (χ4n) is 0.813. The monoisotopic (exact) mass is 259 g/mol. The molecule has 0 radical (unpaired) electrons. The van der Waals surface area contributed by atoms with E-state index >= 15 is 0 Å². The van der Waals surface area contributed by atoms with Gasteiger partial charge in [0.2, 0.25) is 0 Å². The highest BCUT2D eigenvalue weighted by atomic mass is 35.5. The molecular weight excluding hydrogens is 253 g/mol. The van der Waals surface area contributed by atoms with Gasteiger partial charge >= 0.3 is 11.8 Å². The Bertz CT molecular complexity index is 460. The van der Waals surface area contributed by atoms with Crippen LogP contribution in [-0.2, 0) is 9.59 Å². The second-order valence-corrected chi connectivity index (χ2v) is 3.55. The predicted octanol–water partition coefficient (Wildman–Crippen LogP) is 0.929. The van der Waals surface area contributed by atoms with Crippen LogP contribution in [0.2, 0.25) is 10.0 Å². The van der Waals surface area contributed by atoms with Crippen molar-refractivity contribution in [3.63, 3.8) is 0 Å². The third kappa shape index (κ3) is 3.52. The number of nitrogens with two attached hydrogens (primary N) is 1. The van der Waals surface area contributed by atoms with Crippen molar-refractivity contribution in [3.05, 3.63) is 33.8 Å². The first-order valence-corrected chi connectivity index (χ1v) is 4.84. The average molecular weight is 260 g/mol. The van der Waals surface area contributed by atoms with E-state index in [1.807, 2.05) is 5.43 Å². The highest BCUT2D eigenvalue weighted by Gasteiger charge is 2.05. The summed E-state index contributed by atoms with van der Waals surface area (Å²) < 4.78 is 0. The summed E-state index contributed by atoms with van der Waals surface area (Å²) in [6.45, 7) is 0. The number of amides is 2. The number of carbonyl (C=O) groups is 2. The molecule has 84 valence electrons. The lowest BCUT2D eigenvalue weighted by Crippen LogP contribution is -2.32. The molecule has 0 aliphatic heterocycles. The minimum Gasteiger partial charge on any atom is -0.361 e. The second kappa shape index (κ2) is 5.48. The molecule has 0 aliphatic rings. The van der Waals surface area contributed by atoms with Gasteiger partial charge in [0, 0.05) is 0 Å². The van der Waals surface area contributed by atoms with E-state index in [-0.39, 0.29) is 0 Å². The Kier molecular flexibility index (Phi) is 4.28. The maximum atomic E-state index is 10.7. The van der Waals surface area contributed by atoms with Gasteiger partial charge in [-0.15, -0.1) is 0 Å². The molecule has 0 saturated heterocycles. The van der Waals surface area contributed by atoms with Crippen LogP contribution in [0.25, 0.3) is 0 Å². The molecule has 5 nitrogen and oxygen atoms in total. The third-order valence-electron chi connectivity index (χ3n) is 1.55. The van der Waals surface area contributed by atoms with Crippen molar-refractivity contribution in [3.8, 4) is 0 Å². The first-order chi connectivity index (χ1) is 7.50. The van der Waals surface area contributed by atoms with Gasteiger partial charge in [-0.1, -0.05) is 29.3 Å². The topological polar surface area (TPSA) is 84.5 Å². The van der Waals surface area contributed by atoms with Gasteiger partial charge in [-0.05, 0) is 17.7 Å². The maximum absolute atomic E-state index is 10.7. The Labute approximate surface area is 101 Å². The van der Waals surface area contributed by atoms with Crippen molar-refractivity contribution in [2.75, 3.05) is 0 Å². The lowest BCUT2D eigenvalue weighted by molar-refractivity contribution is -0.137. The Morgan fingerprint density at radius 1 is 1.31 bits per heavy atom. The Hall–Kier alpha value is -1.59. The summed E-state index contributed by atoms with van der Waals surface area (Å²) in [7, 11) is 0. The van der Waals surface area contributed by atoms with Crippen molar-refractivity contribution in [1.82, 2.24) is 5.43 Å². The molecule has 16 heavy (non-hydrogen) atoms. The van der Waals surface area contributed by atoms with Crippen molar-refractivity contribution < 1.29 is 9.59 Å². The summed E-state index contributed by atoms with van der Waals surface area (Å²) in [5.41, 5.74) is 7.26. The van der Waals surface area contributed by atoms with Crippen LogP contribution in [-0.4, -0.2) is 18.0 Å². The van der Waals surface area contributed by atoms with Crippen LogP contribution in [0.4, 0.5) is 0 Å². The summed E-state index contributed by atoms with van der Waals surface area (Å²) in [5.74, 6) is -2.09. The molecule has 0 fully saturated rings. The van der Waals surface area contributed by atoms with Crippen LogP contribution >= 0.6 is 23.2 Å². The quantitative estimate of drug-likeness (QED) is 0.471. The standard InChI is InChI=1S/C9H7Cl2N3O2/c10-6-2-1-5(3-7(6)11)4-13-14-9(16)8(12)15/h1-4H,(H2,12,15)(H,14,16)/b13-4-. The first-order valence-electron chi connectivity index (χ1n) is 4.08. The van der Waals surface area contributed by atoms with Gasteiger partial charge in [-0.25, -0.2) is 5.43 Å². The first kappa shape index (κ1) is 12.5. The van der Waals surface area contributed by atoms with Crippen molar-refractivity contribution >= 4 is 41.2 Å². The summed E-state index contributed by atoms with van der Waals surface area (Å²) in [4.78, 5) is 21.0. The van der Waals surface area contributed by atoms with Gasteiger partial charge in [0.05, 0.1) is 16.3 Å².